The second kappa shape index (κ2) is 6.47. The van der Waals surface area contributed by atoms with Gasteiger partial charge in [0.15, 0.2) is 9.84 Å². The lowest BCUT2D eigenvalue weighted by Crippen LogP contribution is -2.43. The van der Waals surface area contributed by atoms with Crippen LogP contribution in [0.15, 0.2) is 36.7 Å². The minimum absolute atomic E-state index is 0.117. The highest BCUT2D eigenvalue weighted by atomic mass is 32.2. The van der Waals surface area contributed by atoms with Crippen molar-refractivity contribution in [3.8, 4) is 5.69 Å². The van der Waals surface area contributed by atoms with Gasteiger partial charge in [0.25, 0.3) is 0 Å². The van der Waals surface area contributed by atoms with Gasteiger partial charge in [0.2, 0.25) is 5.91 Å². The lowest BCUT2D eigenvalue weighted by Gasteiger charge is -2.25. The Kier molecular flexibility index (Phi) is 4.39. The summed E-state index contributed by atoms with van der Waals surface area (Å²) in [5, 5.41) is 10.9. The number of carbonyl (C=O) groups is 1. The van der Waals surface area contributed by atoms with Gasteiger partial charge in [-0.15, -0.1) is 0 Å². The Balaban J connectivity index is 1.54. The lowest BCUT2D eigenvalue weighted by molar-refractivity contribution is -0.117. The van der Waals surface area contributed by atoms with Crippen LogP contribution in [0.1, 0.15) is 0 Å². The third-order valence-corrected chi connectivity index (χ3v) is 5.21. The van der Waals surface area contributed by atoms with Crippen molar-refractivity contribution >= 4 is 21.4 Å². The van der Waals surface area contributed by atoms with E-state index in [1.807, 2.05) is 17.0 Å². The van der Waals surface area contributed by atoms with Crippen LogP contribution in [0.2, 0.25) is 0 Å². The number of nitrogens with zero attached hydrogens (tertiary/aromatic N) is 4. The van der Waals surface area contributed by atoms with Crippen molar-refractivity contribution in [2.75, 3.05) is 36.5 Å². The maximum atomic E-state index is 12.0. The molecule has 23 heavy (non-hydrogen) atoms. The molecule has 1 amide bonds. The summed E-state index contributed by atoms with van der Waals surface area (Å²) in [6.45, 7) is 0.997. The molecule has 0 spiro atoms. The molecule has 0 atom stereocenters. The molecule has 0 saturated carbocycles. The SMILES string of the molecule is O=C(CN1CCS(=O)(=O)CC1)Nc1ccc(-n2nccn2)cc1. The van der Waals surface area contributed by atoms with Gasteiger partial charge in [-0.25, -0.2) is 8.42 Å². The van der Waals surface area contributed by atoms with Gasteiger partial charge in [0, 0.05) is 18.8 Å². The second-order valence-corrected chi connectivity index (χ2v) is 7.65. The monoisotopic (exact) mass is 335 g/mol. The molecule has 0 aliphatic carbocycles. The molecule has 1 aromatic heterocycles. The number of aromatic nitrogens is 3. The number of hydrogen-bond donors (Lipinski definition) is 1. The minimum atomic E-state index is -2.92. The van der Waals surface area contributed by atoms with E-state index in [-0.39, 0.29) is 24.0 Å². The molecule has 3 rings (SSSR count). The molecule has 8 nitrogen and oxygen atoms in total. The van der Waals surface area contributed by atoms with Crippen LogP contribution in [-0.2, 0) is 14.6 Å². The molecule has 0 unspecified atom stereocenters. The summed E-state index contributed by atoms with van der Waals surface area (Å²) in [5.41, 5.74) is 1.48. The van der Waals surface area contributed by atoms with Crippen molar-refractivity contribution in [3.63, 3.8) is 0 Å². The normalized spacial score (nSPS) is 17.7. The first-order valence-corrected chi connectivity index (χ1v) is 9.03. The summed E-state index contributed by atoms with van der Waals surface area (Å²) < 4.78 is 22.7. The van der Waals surface area contributed by atoms with Crippen molar-refractivity contribution in [2.24, 2.45) is 0 Å². The third kappa shape index (κ3) is 4.14. The lowest BCUT2D eigenvalue weighted by atomic mass is 10.3. The zero-order chi connectivity index (χ0) is 16.3. The van der Waals surface area contributed by atoms with Gasteiger partial charge in [-0.05, 0) is 24.3 Å². The summed E-state index contributed by atoms with van der Waals surface area (Å²) in [6, 6.07) is 7.17. The molecule has 2 heterocycles. The van der Waals surface area contributed by atoms with Crippen LogP contribution in [0.4, 0.5) is 5.69 Å². The average molecular weight is 335 g/mol. The Hall–Kier alpha value is -2.26. The largest absolute Gasteiger partial charge is 0.325 e. The molecular formula is C14H17N5O3S. The van der Waals surface area contributed by atoms with Crippen LogP contribution in [0, 0.1) is 0 Å². The Morgan fingerprint density at radius 3 is 2.30 bits per heavy atom. The fourth-order valence-corrected chi connectivity index (χ4v) is 3.62. The van der Waals surface area contributed by atoms with Crippen LogP contribution in [-0.4, -0.2) is 65.4 Å². The fraction of sp³-hybridized carbons (Fsp3) is 0.357. The highest BCUT2D eigenvalue weighted by Gasteiger charge is 2.22. The van der Waals surface area contributed by atoms with Gasteiger partial charge in [-0.2, -0.15) is 15.0 Å². The van der Waals surface area contributed by atoms with E-state index < -0.39 is 9.84 Å². The van der Waals surface area contributed by atoms with Crippen LogP contribution in [0.25, 0.3) is 5.69 Å². The van der Waals surface area contributed by atoms with Gasteiger partial charge in [-0.1, -0.05) is 0 Å². The van der Waals surface area contributed by atoms with E-state index in [1.54, 1.807) is 24.5 Å². The van der Waals surface area contributed by atoms with E-state index in [1.165, 1.54) is 4.80 Å². The van der Waals surface area contributed by atoms with Crippen molar-refractivity contribution in [1.82, 2.24) is 19.9 Å². The molecule has 0 radical (unpaired) electrons. The summed E-state index contributed by atoms with van der Waals surface area (Å²) in [7, 11) is -2.92. The summed E-state index contributed by atoms with van der Waals surface area (Å²) in [5.74, 6) is 0.0757. The van der Waals surface area contributed by atoms with E-state index in [4.69, 9.17) is 0 Å². The van der Waals surface area contributed by atoms with Crippen molar-refractivity contribution < 1.29 is 13.2 Å². The van der Waals surface area contributed by atoms with E-state index in [0.717, 1.165) is 5.69 Å². The molecule has 1 aliphatic heterocycles. The molecule has 2 aromatic rings. The van der Waals surface area contributed by atoms with Gasteiger partial charge < -0.3 is 5.32 Å². The molecule has 1 fully saturated rings. The van der Waals surface area contributed by atoms with E-state index in [9.17, 15) is 13.2 Å². The first-order valence-electron chi connectivity index (χ1n) is 7.21. The maximum Gasteiger partial charge on any atom is 0.238 e. The molecule has 122 valence electrons. The standard InChI is InChI=1S/C14H17N5O3S/c20-14(11-18-7-9-23(21,22)10-8-18)17-12-1-3-13(4-2-12)19-15-5-6-16-19/h1-6H,7-11H2,(H,17,20). The molecule has 0 bridgehead atoms. The Bertz CT molecular complexity index is 757. The number of carbonyl (C=O) groups excluding carboxylic acids is 1. The van der Waals surface area contributed by atoms with E-state index >= 15 is 0 Å². The average Bonchev–Trinajstić information content (AvgIpc) is 3.04. The highest BCUT2D eigenvalue weighted by Crippen LogP contribution is 2.12. The van der Waals surface area contributed by atoms with Crippen LogP contribution < -0.4 is 5.32 Å². The summed E-state index contributed by atoms with van der Waals surface area (Å²) in [6.07, 6.45) is 3.18. The number of nitrogens with one attached hydrogen (secondary N) is 1. The summed E-state index contributed by atoms with van der Waals surface area (Å²) in [4.78, 5) is 15.4. The zero-order valence-corrected chi connectivity index (χ0v) is 13.2. The third-order valence-electron chi connectivity index (χ3n) is 3.61. The molecule has 1 saturated heterocycles. The van der Waals surface area contributed by atoms with Crippen LogP contribution in [0.3, 0.4) is 0 Å². The van der Waals surface area contributed by atoms with E-state index in [0.29, 0.717) is 18.8 Å². The van der Waals surface area contributed by atoms with Crippen LogP contribution >= 0.6 is 0 Å². The molecule has 1 aromatic carbocycles. The minimum Gasteiger partial charge on any atom is -0.325 e. The number of sulfone groups is 1. The Morgan fingerprint density at radius 1 is 1.09 bits per heavy atom. The van der Waals surface area contributed by atoms with Gasteiger partial charge in [-0.3, -0.25) is 9.69 Å². The number of rotatable bonds is 4. The molecule has 1 aliphatic rings. The number of amides is 1. The number of anilines is 1. The predicted molar refractivity (Wildman–Crippen MR) is 85.1 cm³/mol. The van der Waals surface area contributed by atoms with Gasteiger partial charge >= 0.3 is 0 Å². The fourth-order valence-electron chi connectivity index (χ4n) is 2.34. The van der Waals surface area contributed by atoms with Crippen molar-refractivity contribution in [1.29, 1.82) is 0 Å². The first kappa shape index (κ1) is 15.6. The number of benzene rings is 1. The molecule has 1 N–H and O–H groups in total. The molecular weight excluding hydrogens is 318 g/mol. The Labute approximate surface area is 134 Å². The topological polar surface area (TPSA) is 97.2 Å². The smallest absolute Gasteiger partial charge is 0.238 e. The Morgan fingerprint density at radius 2 is 1.70 bits per heavy atom. The van der Waals surface area contributed by atoms with Gasteiger partial charge in [0.1, 0.15) is 0 Å². The first-order chi connectivity index (χ1) is 11.0. The summed E-state index contributed by atoms with van der Waals surface area (Å²) >= 11 is 0. The predicted octanol–water partition coefficient (Wildman–Crippen LogP) is -0.0638. The second-order valence-electron chi connectivity index (χ2n) is 5.34. The van der Waals surface area contributed by atoms with Crippen molar-refractivity contribution in [2.45, 2.75) is 0 Å². The quantitative estimate of drug-likeness (QED) is 0.840. The van der Waals surface area contributed by atoms with Gasteiger partial charge in [0.05, 0.1) is 36.1 Å². The number of hydrogen-bond acceptors (Lipinski definition) is 6. The van der Waals surface area contributed by atoms with E-state index in [2.05, 4.69) is 15.5 Å². The van der Waals surface area contributed by atoms with Crippen molar-refractivity contribution in [3.05, 3.63) is 36.7 Å². The maximum absolute atomic E-state index is 12.0. The zero-order valence-electron chi connectivity index (χ0n) is 12.4. The highest BCUT2D eigenvalue weighted by molar-refractivity contribution is 7.91. The molecule has 9 heteroatoms. The van der Waals surface area contributed by atoms with Crippen LogP contribution in [0.5, 0.6) is 0 Å².